The average Bonchev–Trinajstić information content (AvgIpc) is 2.82. The fourth-order valence-electron chi connectivity index (χ4n) is 4.57. The lowest BCUT2D eigenvalue weighted by molar-refractivity contribution is -0.00172. The summed E-state index contributed by atoms with van der Waals surface area (Å²) in [5.74, 6) is -1.76. The van der Waals surface area contributed by atoms with Crippen LogP contribution in [0.15, 0.2) is 54.6 Å². The lowest BCUT2D eigenvalue weighted by atomic mass is 9.89. The second kappa shape index (κ2) is 9.95. The number of hydrogen-bond acceptors (Lipinski definition) is 1. The summed E-state index contributed by atoms with van der Waals surface area (Å²) in [6, 6.07) is 15.7. The highest BCUT2D eigenvalue weighted by atomic mass is 19.2. The van der Waals surface area contributed by atoms with Gasteiger partial charge in [-0.25, -0.2) is 13.2 Å². The Morgan fingerprint density at radius 2 is 1.59 bits per heavy atom. The van der Waals surface area contributed by atoms with Crippen LogP contribution in [0.5, 0.6) is 0 Å². The van der Waals surface area contributed by atoms with E-state index in [9.17, 15) is 13.2 Å². The van der Waals surface area contributed by atoms with Gasteiger partial charge in [-0.15, -0.1) is 0 Å². The minimum absolute atomic E-state index is 0.0866. The van der Waals surface area contributed by atoms with E-state index in [1.807, 2.05) is 24.3 Å². The van der Waals surface area contributed by atoms with E-state index in [2.05, 4.69) is 6.92 Å². The molecular weight excluding hydrogens is 408 g/mol. The Hall–Kier alpha value is -2.53. The number of halogens is 3. The van der Waals surface area contributed by atoms with Crippen molar-refractivity contribution in [3.05, 3.63) is 83.2 Å². The molecule has 2 unspecified atom stereocenters. The standard InChI is InChI=1S/C27H28BF3O/c1-2-3-22-11-8-21(16-32-22)23-12-9-19(14-25(23)29)17-4-6-18(7-5-17)24-13-10-20(15-28)26(30)27(24)31/h4-7,9-10,12-14,21-22H,2-3,8,11,15-16,28H2,1H3. The average molecular weight is 436 g/mol. The molecule has 3 aromatic rings. The zero-order valence-electron chi connectivity index (χ0n) is 18.6. The Kier molecular flexibility index (Phi) is 7.05. The molecule has 3 aromatic carbocycles. The van der Waals surface area contributed by atoms with E-state index in [0.29, 0.717) is 35.7 Å². The predicted octanol–water partition coefficient (Wildman–Crippen LogP) is 6.63. The van der Waals surface area contributed by atoms with E-state index < -0.39 is 11.6 Å². The Morgan fingerprint density at radius 3 is 2.22 bits per heavy atom. The summed E-state index contributed by atoms with van der Waals surface area (Å²) in [7, 11) is 1.79. The third kappa shape index (κ3) is 4.63. The van der Waals surface area contributed by atoms with Crippen LogP contribution in [0.25, 0.3) is 22.3 Å². The summed E-state index contributed by atoms with van der Waals surface area (Å²) in [6.45, 7) is 2.71. The van der Waals surface area contributed by atoms with Crippen molar-refractivity contribution in [3.8, 4) is 22.3 Å². The molecule has 0 aromatic heterocycles. The molecule has 1 aliphatic rings. The normalized spacial score (nSPS) is 18.6. The molecule has 2 atom stereocenters. The van der Waals surface area contributed by atoms with E-state index >= 15 is 0 Å². The first-order valence-electron chi connectivity index (χ1n) is 11.5. The van der Waals surface area contributed by atoms with Crippen molar-refractivity contribution in [3.63, 3.8) is 0 Å². The maximum absolute atomic E-state index is 14.9. The third-order valence-corrected chi connectivity index (χ3v) is 6.49. The van der Waals surface area contributed by atoms with E-state index in [4.69, 9.17) is 4.74 Å². The first kappa shape index (κ1) is 22.7. The van der Waals surface area contributed by atoms with Gasteiger partial charge in [-0.3, -0.25) is 0 Å². The van der Waals surface area contributed by atoms with Gasteiger partial charge in [-0.2, -0.15) is 0 Å². The molecule has 32 heavy (non-hydrogen) atoms. The topological polar surface area (TPSA) is 9.23 Å². The minimum Gasteiger partial charge on any atom is -0.378 e. The molecule has 0 radical (unpaired) electrons. The molecule has 1 heterocycles. The zero-order chi connectivity index (χ0) is 22.7. The van der Waals surface area contributed by atoms with Crippen LogP contribution in [0.4, 0.5) is 13.2 Å². The van der Waals surface area contributed by atoms with Crippen molar-refractivity contribution >= 4 is 7.85 Å². The molecule has 166 valence electrons. The van der Waals surface area contributed by atoms with Crippen molar-refractivity contribution in [2.24, 2.45) is 0 Å². The second-order valence-corrected chi connectivity index (χ2v) is 8.59. The predicted molar refractivity (Wildman–Crippen MR) is 126 cm³/mol. The van der Waals surface area contributed by atoms with Gasteiger partial charge in [-0.05, 0) is 53.1 Å². The van der Waals surface area contributed by atoms with E-state index in [-0.39, 0.29) is 17.3 Å². The van der Waals surface area contributed by atoms with Crippen molar-refractivity contribution in [2.75, 3.05) is 6.61 Å². The minimum atomic E-state index is -0.830. The first-order chi connectivity index (χ1) is 15.5. The number of hydrogen-bond donors (Lipinski definition) is 0. The zero-order valence-corrected chi connectivity index (χ0v) is 18.6. The SMILES string of the molecule is BCc1ccc(-c2ccc(-c3ccc(C4CCC(CCC)OC4)c(F)c3)cc2)c(F)c1F. The van der Waals surface area contributed by atoms with E-state index in [0.717, 1.165) is 36.8 Å². The van der Waals surface area contributed by atoms with Gasteiger partial charge in [0, 0.05) is 11.5 Å². The Labute approximate surface area is 189 Å². The van der Waals surface area contributed by atoms with Crippen LogP contribution in [-0.2, 0) is 11.1 Å². The van der Waals surface area contributed by atoms with Crippen LogP contribution in [-0.4, -0.2) is 20.6 Å². The highest BCUT2D eigenvalue weighted by Crippen LogP contribution is 2.34. The molecule has 0 amide bonds. The smallest absolute Gasteiger partial charge is 0.166 e. The van der Waals surface area contributed by atoms with Crippen LogP contribution in [0.3, 0.4) is 0 Å². The maximum atomic E-state index is 14.9. The quantitative estimate of drug-likeness (QED) is 0.394. The van der Waals surface area contributed by atoms with Gasteiger partial charge in [0.05, 0.1) is 12.7 Å². The lowest BCUT2D eigenvalue weighted by Crippen LogP contribution is -2.25. The summed E-state index contributed by atoms with van der Waals surface area (Å²) in [4.78, 5) is 0. The summed E-state index contributed by atoms with van der Waals surface area (Å²) in [5, 5.41) is 0. The summed E-state index contributed by atoms with van der Waals surface area (Å²) in [5.41, 5.74) is 3.47. The maximum Gasteiger partial charge on any atom is 0.166 e. The molecule has 5 heteroatoms. The fraction of sp³-hybridized carbons (Fsp3) is 0.333. The van der Waals surface area contributed by atoms with Crippen molar-refractivity contribution in [2.45, 2.75) is 50.9 Å². The summed E-state index contributed by atoms with van der Waals surface area (Å²) in [6.07, 6.45) is 4.81. The van der Waals surface area contributed by atoms with Crippen molar-refractivity contribution in [1.82, 2.24) is 0 Å². The number of ether oxygens (including phenoxy) is 1. The van der Waals surface area contributed by atoms with Gasteiger partial charge in [0.1, 0.15) is 13.7 Å². The fourth-order valence-corrected chi connectivity index (χ4v) is 4.57. The van der Waals surface area contributed by atoms with Gasteiger partial charge in [0.25, 0.3) is 0 Å². The van der Waals surface area contributed by atoms with Crippen molar-refractivity contribution in [1.29, 1.82) is 0 Å². The van der Waals surface area contributed by atoms with Gasteiger partial charge >= 0.3 is 0 Å². The molecule has 0 spiro atoms. The Morgan fingerprint density at radius 1 is 0.875 bits per heavy atom. The highest BCUT2D eigenvalue weighted by Gasteiger charge is 2.24. The number of benzene rings is 3. The van der Waals surface area contributed by atoms with Crippen LogP contribution in [0.1, 0.15) is 49.7 Å². The van der Waals surface area contributed by atoms with Gasteiger partial charge in [0.15, 0.2) is 11.6 Å². The molecule has 0 N–H and O–H groups in total. The van der Waals surface area contributed by atoms with E-state index in [1.54, 1.807) is 38.2 Å². The van der Waals surface area contributed by atoms with Gasteiger partial charge < -0.3 is 4.74 Å². The second-order valence-electron chi connectivity index (χ2n) is 8.59. The van der Waals surface area contributed by atoms with Crippen LogP contribution < -0.4 is 0 Å². The summed E-state index contributed by atoms with van der Waals surface area (Å²) < 4.78 is 49.5. The molecule has 1 saturated heterocycles. The molecule has 4 rings (SSSR count). The molecule has 1 fully saturated rings. The van der Waals surface area contributed by atoms with Crippen molar-refractivity contribution < 1.29 is 17.9 Å². The number of rotatable bonds is 6. The lowest BCUT2D eigenvalue weighted by Gasteiger charge is -2.29. The highest BCUT2D eigenvalue weighted by molar-refractivity contribution is 6.08. The third-order valence-electron chi connectivity index (χ3n) is 6.49. The molecule has 0 aliphatic carbocycles. The largest absolute Gasteiger partial charge is 0.378 e. The van der Waals surface area contributed by atoms with Crippen LogP contribution >= 0.6 is 0 Å². The molecule has 1 aliphatic heterocycles. The Balaban J connectivity index is 1.52. The van der Waals surface area contributed by atoms with Crippen LogP contribution in [0.2, 0.25) is 0 Å². The molecule has 0 saturated carbocycles. The molecule has 1 nitrogen and oxygen atoms in total. The Bertz CT molecular complexity index is 1070. The first-order valence-corrected chi connectivity index (χ1v) is 11.5. The van der Waals surface area contributed by atoms with E-state index in [1.165, 1.54) is 0 Å². The molecular formula is C27H28BF3O. The van der Waals surface area contributed by atoms with Crippen LogP contribution in [0, 0.1) is 17.5 Å². The monoisotopic (exact) mass is 436 g/mol. The molecule has 0 bridgehead atoms. The van der Waals surface area contributed by atoms with Gasteiger partial charge in [0.2, 0.25) is 0 Å². The van der Waals surface area contributed by atoms with Gasteiger partial charge in [-0.1, -0.05) is 68.2 Å². The summed E-state index contributed by atoms with van der Waals surface area (Å²) >= 11 is 0.